The summed E-state index contributed by atoms with van der Waals surface area (Å²) >= 11 is 0. The number of nitriles is 1. The molecule has 1 fully saturated rings. The lowest BCUT2D eigenvalue weighted by Crippen LogP contribution is -2.40. The van der Waals surface area contributed by atoms with Crippen molar-refractivity contribution in [3.05, 3.63) is 17.5 Å². The van der Waals surface area contributed by atoms with Crippen molar-refractivity contribution >= 4 is 11.7 Å². The SMILES string of the molecule is CC(C)c1cc(C(=O)[C@H](C#N)C(=O)NC2CCCC2)nn1C(C)(C)C. The summed E-state index contributed by atoms with van der Waals surface area (Å²) in [5.74, 6) is -2.19. The Bertz CT molecular complexity index is 685. The molecule has 0 spiro atoms. The van der Waals surface area contributed by atoms with Gasteiger partial charge in [-0.05, 0) is 45.6 Å². The number of aromatic nitrogens is 2. The molecule has 1 aliphatic rings. The number of Topliss-reactive ketones (excluding diaryl/α,β-unsaturated/α-hetero) is 1. The number of amides is 1. The average Bonchev–Trinajstić information content (AvgIpc) is 3.15. The van der Waals surface area contributed by atoms with Crippen LogP contribution < -0.4 is 5.32 Å². The molecule has 2 rings (SSSR count). The van der Waals surface area contributed by atoms with Crippen molar-refractivity contribution in [1.29, 1.82) is 5.26 Å². The first-order valence-corrected chi connectivity index (χ1v) is 8.99. The number of hydrogen-bond donors (Lipinski definition) is 1. The molecule has 0 saturated heterocycles. The lowest BCUT2D eigenvalue weighted by Gasteiger charge is -2.23. The van der Waals surface area contributed by atoms with Crippen LogP contribution in [0.5, 0.6) is 0 Å². The van der Waals surface area contributed by atoms with E-state index in [9.17, 15) is 14.9 Å². The first-order chi connectivity index (χ1) is 11.6. The summed E-state index contributed by atoms with van der Waals surface area (Å²) in [6, 6.07) is 3.65. The van der Waals surface area contributed by atoms with E-state index in [0.717, 1.165) is 31.4 Å². The molecule has 0 unspecified atom stereocenters. The Hall–Kier alpha value is -2.16. The molecule has 136 valence electrons. The summed E-state index contributed by atoms with van der Waals surface area (Å²) in [6.45, 7) is 10.1. The number of nitrogens with one attached hydrogen (secondary N) is 1. The Labute approximate surface area is 149 Å². The van der Waals surface area contributed by atoms with Gasteiger partial charge in [0.25, 0.3) is 0 Å². The minimum Gasteiger partial charge on any atom is -0.352 e. The van der Waals surface area contributed by atoms with E-state index in [1.165, 1.54) is 0 Å². The van der Waals surface area contributed by atoms with Crippen molar-refractivity contribution in [2.24, 2.45) is 5.92 Å². The minimum atomic E-state index is -1.34. The number of nitrogens with zero attached hydrogens (tertiary/aromatic N) is 3. The Morgan fingerprint density at radius 1 is 1.32 bits per heavy atom. The molecule has 25 heavy (non-hydrogen) atoms. The maximum Gasteiger partial charge on any atom is 0.245 e. The van der Waals surface area contributed by atoms with E-state index < -0.39 is 17.6 Å². The second-order valence-corrected chi connectivity index (χ2v) is 8.11. The lowest BCUT2D eigenvalue weighted by atomic mass is 10.00. The van der Waals surface area contributed by atoms with Crippen LogP contribution in [0.2, 0.25) is 0 Å². The van der Waals surface area contributed by atoms with E-state index in [4.69, 9.17) is 0 Å². The summed E-state index contributed by atoms with van der Waals surface area (Å²) < 4.78 is 1.81. The van der Waals surface area contributed by atoms with Gasteiger partial charge in [-0.2, -0.15) is 10.4 Å². The van der Waals surface area contributed by atoms with Crippen LogP contribution in [0, 0.1) is 17.2 Å². The normalized spacial score (nSPS) is 16.7. The van der Waals surface area contributed by atoms with Gasteiger partial charge in [0, 0.05) is 11.7 Å². The summed E-state index contributed by atoms with van der Waals surface area (Å²) in [5, 5.41) is 16.6. The standard InChI is InChI=1S/C19H28N4O2/c1-12(2)16-10-15(22-23(16)19(3,4)5)17(24)14(11-20)18(25)21-13-8-6-7-9-13/h10,12-14H,6-9H2,1-5H3,(H,21,25)/t14-/m0/s1. The molecule has 0 aromatic carbocycles. The van der Waals surface area contributed by atoms with Gasteiger partial charge in [0.15, 0.2) is 5.92 Å². The third kappa shape index (κ3) is 4.28. The van der Waals surface area contributed by atoms with E-state index in [1.807, 2.05) is 45.4 Å². The zero-order valence-electron chi connectivity index (χ0n) is 15.8. The van der Waals surface area contributed by atoms with Gasteiger partial charge in [0.05, 0.1) is 11.6 Å². The van der Waals surface area contributed by atoms with Gasteiger partial charge in [0.2, 0.25) is 11.7 Å². The fourth-order valence-corrected chi connectivity index (χ4v) is 3.20. The predicted molar refractivity (Wildman–Crippen MR) is 95.1 cm³/mol. The molecule has 1 aromatic rings. The van der Waals surface area contributed by atoms with E-state index >= 15 is 0 Å². The molecule has 0 radical (unpaired) electrons. The van der Waals surface area contributed by atoms with Crippen molar-refractivity contribution in [1.82, 2.24) is 15.1 Å². The van der Waals surface area contributed by atoms with Gasteiger partial charge in [-0.15, -0.1) is 0 Å². The van der Waals surface area contributed by atoms with Gasteiger partial charge < -0.3 is 5.32 Å². The molecule has 1 amide bonds. The highest BCUT2D eigenvalue weighted by molar-refractivity contribution is 6.11. The Kier molecular flexibility index (Phi) is 5.66. The predicted octanol–water partition coefficient (Wildman–Crippen LogP) is 3.14. The first kappa shape index (κ1) is 19.2. The van der Waals surface area contributed by atoms with Crippen LogP contribution in [-0.2, 0) is 10.3 Å². The zero-order valence-corrected chi connectivity index (χ0v) is 15.8. The van der Waals surface area contributed by atoms with E-state index in [0.29, 0.717) is 0 Å². The summed E-state index contributed by atoms with van der Waals surface area (Å²) in [6.07, 6.45) is 3.97. The first-order valence-electron chi connectivity index (χ1n) is 8.99. The molecule has 0 bridgehead atoms. The van der Waals surface area contributed by atoms with E-state index in [1.54, 1.807) is 6.07 Å². The van der Waals surface area contributed by atoms with Crippen LogP contribution in [0.4, 0.5) is 0 Å². The monoisotopic (exact) mass is 344 g/mol. The van der Waals surface area contributed by atoms with Crippen molar-refractivity contribution in [3.63, 3.8) is 0 Å². The van der Waals surface area contributed by atoms with E-state index in [-0.39, 0.29) is 23.2 Å². The van der Waals surface area contributed by atoms with Crippen LogP contribution in [0.3, 0.4) is 0 Å². The van der Waals surface area contributed by atoms with Gasteiger partial charge in [-0.25, -0.2) is 0 Å². The molecule has 1 aliphatic carbocycles. The highest BCUT2D eigenvalue weighted by Crippen LogP contribution is 2.25. The zero-order chi connectivity index (χ0) is 18.8. The molecule has 1 saturated carbocycles. The van der Waals surface area contributed by atoms with E-state index in [2.05, 4.69) is 10.4 Å². The maximum atomic E-state index is 12.7. The second kappa shape index (κ2) is 7.38. The number of rotatable bonds is 5. The highest BCUT2D eigenvalue weighted by Gasteiger charge is 2.33. The molecule has 1 heterocycles. The van der Waals surface area contributed by atoms with Gasteiger partial charge in [-0.1, -0.05) is 26.7 Å². The smallest absolute Gasteiger partial charge is 0.245 e. The summed E-state index contributed by atoms with van der Waals surface area (Å²) in [4.78, 5) is 25.1. The van der Waals surface area contributed by atoms with Gasteiger partial charge in [0.1, 0.15) is 5.69 Å². The topological polar surface area (TPSA) is 87.8 Å². The molecular weight excluding hydrogens is 316 g/mol. The summed E-state index contributed by atoms with van der Waals surface area (Å²) in [7, 11) is 0. The molecule has 1 atom stereocenters. The van der Waals surface area contributed by atoms with Crippen molar-refractivity contribution < 1.29 is 9.59 Å². The minimum absolute atomic E-state index is 0.0782. The number of hydrogen-bond acceptors (Lipinski definition) is 4. The van der Waals surface area contributed by atoms with Crippen molar-refractivity contribution in [3.8, 4) is 6.07 Å². The molecule has 1 N–H and O–H groups in total. The number of carbonyl (C=O) groups is 2. The van der Waals surface area contributed by atoms with Crippen LogP contribution in [0.15, 0.2) is 6.07 Å². The van der Waals surface area contributed by atoms with Crippen LogP contribution in [-0.4, -0.2) is 27.5 Å². The van der Waals surface area contributed by atoms with Gasteiger partial charge >= 0.3 is 0 Å². The summed E-state index contributed by atoms with van der Waals surface area (Å²) in [5.41, 5.74) is 0.822. The average molecular weight is 344 g/mol. The second-order valence-electron chi connectivity index (χ2n) is 8.11. The van der Waals surface area contributed by atoms with Crippen LogP contribution >= 0.6 is 0 Å². The molecule has 6 nitrogen and oxygen atoms in total. The third-order valence-electron chi connectivity index (χ3n) is 4.57. The molecular formula is C19H28N4O2. The fraction of sp³-hybridized carbons (Fsp3) is 0.684. The van der Waals surface area contributed by atoms with Crippen molar-refractivity contribution in [2.45, 2.75) is 77.8 Å². The Morgan fingerprint density at radius 3 is 2.36 bits per heavy atom. The number of ketones is 1. The Balaban J connectivity index is 2.25. The lowest BCUT2D eigenvalue weighted by molar-refractivity contribution is -0.122. The van der Waals surface area contributed by atoms with Gasteiger partial charge in [-0.3, -0.25) is 14.3 Å². The third-order valence-corrected chi connectivity index (χ3v) is 4.57. The van der Waals surface area contributed by atoms with Crippen LogP contribution in [0.25, 0.3) is 0 Å². The molecule has 0 aliphatic heterocycles. The number of carbonyl (C=O) groups excluding carboxylic acids is 2. The molecule has 1 aromatic heterocycles. The quantitative estimate of drug-likeness (QED) is 0.656. The van der Waals surface area contributed by atoms with Crippen molar-refractivity contribution in [2.75, 3.05) is 0 Å². The fourth-order valence-electron chi connectivity index (χ4n) is 3.20. The molecule has 6 heteroatoms. The highest BCUT2D eigenvalue weighted by atomic mass is 16.2. The largest absolute Gasteiger partial charge is 0.352 e. The van der Waals surface area contributed by atoms with Crippen LogP contribution in [0.1, 0.15) is 82.4 Å². The Morgan fingerprint density at radius 2 is 1.92 bits per heavy atom. The maximum absolute atomic E-state index is 12.7.